The van der Waals surface area contributed by atoms with Crippen molar-refractivity contribution in [2.75, 3.05) is 13.7 Å². The highest BCUT2D eigenvalue weighted by Crippen LogP contribution is 2.03. The van der Waals surface area contributed by atoms with Gasteiger partial charge in [0.25, 0.3) is 5.91 Å². The Bertz CT molecular complexity index is 543. The number of nitrogens with one attached hydrogen (secondary N) is 2. The van der Waals surface area contributed by atoms with Gasteiger partial charge in [0.05, 0.1) is 13.7 Å². The van der Waals surface area contributed by atoms with Crippen LogP contribution in [-0.4, -0.2) is 37.5 Å². The SMILES string of the molecule is C=CCCC[C@H](NC(=O)CNC(=O)c1ccccc1)C(=O)OC. The molecule has 0 heterocycles. The van der Waals surface area contributed by atoms with Gasteiger partial charge in [-0.15, -0.1) is 6.58 Å². The number of carbonyl (C=O) groups is 3. The Kier molecular flexibility index (Phi) is 8.13. The van der Waals surface area contributed by atoms with E-state index in [1.54, 1.807) is 36.4 Å². The Balaban J connectivity index is 2.46. The summed E-state index contributed by atoms with van der Waals surface area (Å²) in [4.78, 5) is 35.4. The highest BCUT2D eigenvalue weighted by atomic mass is 16.5. The van der Waals surface area contributed by atoms with Gasteiger partial charge in [0.15, 0.2) is 0 Å². The third kappa shape index (κ3) is 6.78. The molecular formula is C17H22N2O4. The van der Waals surface area contributed by atoms with Gasteiger partial charge < -0.3 is 15.4 Å². The van der Waals surface area contributed by atoms with Gasteiger partial charge in [-0.25, -0.2) is 4.79 Å². The van der Waals surface area contributed by atoms with Crippen molar-refractivity contribution in [3.63, 3.8) is 0 Å². The molecule has 124 valence electrons. The topological polar surface area (TPSA) is 84.5 Å². The first-order valence-electron chi connectivity index (χ1n) is 7.39. The summed E-state index contributed by atoms with van der Waals surface area (Å²) in [7, 11) is 1.27. The van der Waals surface area contributed by atoms with E-state index in [1.807, 2.05) is 0 Å². The monoisotopic (exact) mass is 318 g/mol. The van der Waals surface area contributed by atoms with E-state index < -0.39 is 17.9 Å². The molecule has 1 rings (SSSR count). The highest BCUT2D eigenvalue weighted by Gasteiger charge is 2.21. The highest BCUT2D eigenvalue weighted by molar-refractivity contribution is 5.96. The largest absolute Gasteiger partial charge is 0.467 e. The summed E-state index contributed by atoms with van der Waals surface area (Å²) in [6.07, 6.45) is 3.65. The number of ether oxygens (including phenoxy) is 1. The fourth-order valence-corrected chi connectivity index (χ4v) is 1.96. The molecule has 6 heteroatoms. The molecule has 2 amide bonds. The molecule has 23 heavy (non-hydrogen) atoms. The van der Waals surface area contributed by atoms with Gasteiger partial charge in [-0.2, -0.15) is 0 Å². The summed E-state index contributed by atoms with van der Waals surface area (Å²) in [5.74, 6) is -1.29. The third-order valence-electron chi connectivity index (χ3n) is 3.17. The minimum Gasteiger partial charge on any atom is -0.467 e. The van der Waals surface area contributed by atoms with Gasteiger partial charge in [0, 0.05) is 5.56 Å². The number of rotatable bonds is 9. The summed E-state index contributed by atoms with van der Waals surface area (Å²) >= 11 is 0. The van der Waals surface area contributed by atoms with Crippen molar-refractivity contribution in [2.24, 2.45) is 0 Å². The smallest absolute Gasteiger partial charge is 0.328 e. The van der Waals surface area contributed by atoms with E-state index in [9.17, 15) is 14.4 Å². The maximum atomic E-state index is 11.9. The molecule has 0 aliphatic heterocycles. The maximum absolute atomic E-state index is 11.9. The minimum atomic E-state index is -0.721. The van der Waals surface area contributed by atoms with Crippen molar-refractivity contribution in [1.82, 2.24) is 10.6 Å². The molecule has 1 aromatic carbocycles. The van der Waals surface area contributed by atoms with Crippen LogP contribution in [0.5, 0.6) is 0 Å². The third-order valence-corrected chi connectivity index (χ3v) is 3.17. The summed E-state index contributed by atoms with van der Waals surface area (Å²) in [6.45, 7) is 3.40. The second-order valence-corrected chi connectivity index (χ2v) is 4.91. The van der Waals surface area contributed by atoms with Crippen LogP contribution in [0.4, 0.5) is 0 Å². The number of amides is 2. The van der Waals surface area contributed by atoms with Crippen LogP contribution in [0.3, 0.4) is 0 Å². The van der Waals surface area contributed by atoms with Gasteiger partial charge in [-0.3, -0.25) is 9.59 Å². The average molecular weight is 318 g/mol. The van der Waals surface area contributed by atoms with E-state index in [0.717, 1.165) is 6.42 Å². The molecule has 0 spiro atoms. The van der Waals surface area contributed by atoms with Crippen LogP contribution >= 0.6 is 0 Å². The standard InChI is InChI=1S/C17H22N2O4/c1-3-4-6-11-14(17(22)23-2)19-15(20)12-18-16(21)13-9-7-5-8-10-13/h3,5,7-10,14H,1,4,6,11-12H2,2H3,(H,18,21)(H,19,20)/t14-/m0/s1. The van der Waals surface area contributed by atoms with Crippen LogP contribution in [0.15, 0.2) is 43.0 Å². The van der Waals surface area contributed by atoms with Crippen LogP contribution in [0, 0.1) is 0 Å². The molecule has 2 N–H and O–H groups in total. The molecule has 0 aliphatic rings. The zero-order valence-electron chi connectivity index (χ0n) is 13.2. The first kappa shape index (κ1) is 18.4. The van der Waals surface area contributed by atoms with Crippen molar-refractivity contribution < 1.29 is 19.1 Å². The predicted molar refractivity (Wildman–Crippen MR) is 86.8 cm³/mol. The first-order chi connectivity index (χ1) is 11.1. The lowest BCUT2D eigenvalue weighted by Crippen LogP contribution is -2.46. The van der Waals surface area contributed by atoms with E-state index in [0.29, 0.717) is 18.4 Å². The fraction of sp³-hybridized carbons (Fsp3) is 0.353. The number of hydrogen-bond acceptors (Lipinski definition) is 4. The summed E-state index contributed by atoms with van der Waals surface area (Å²) in [5, 5.41) is 5.08. The molecule has 0 aromatic heterocycles. The number of allylic oxidation sites excluding steroid dienone is 1. The predicted octanol–water partition coefficient (Wildman–Crippen LogP) is 1.43. The Morgan fingerprint density at radius 2 is 1.96 bits per heavy atom. The molecule has 0 saturated heterocycles. The lowest BCUT2D eigenvalue weighted by molar-refractivity contribution is -0.145. The lowest BCUT2D eigenvalue weighted by atomic mass is 10.1. The Morgan fingerprint density at radius 3 is 2.57 bits per heavy atom. The van der Waals surface area contributed by atoms with Gasteiger partial charge in [0.1, 0.15) is 6.04 Å². The molecule has 1 aromatic rings. The van der Waals surface area contributed by atoms with E-state index in [1.165, 1.54) is 7.11 Å². The van der Waals surface area contributed by atoms with Crippen molar-refractivity contribution >= 4 is 17.8 Å². The summed E-state index contributed by atoms with van der Waals surface area (Å²) < 4.78 is 4.67. The Hall–Kier alpha value is -2.63. The van der Waals surface area contributed by atoms with Gasteiger partial charge in [-0.1, -0.05) is 24.3 Å². The molecule has 0 fully saturated rings. The van der Waals surface area contributed by atoms with Crippen LogP contribution in [0.2, 0.25) is 0 Å². The molecule has 0 aliphatic carbocycles. The van der Waals surface area contributed by atoms with E-state index >= 15 is 0 Å². The number of unbranched alkanes of at least 4 members (excludes halogenated alkanes) is 1. The average Bonchev–Trinajstić information content (AvgIpc) is 2.59. The lowest BCUT2D eigenvalue weighted by Gasteiger charge is -2.16. The molecule has 0 bridgehead atoms. The summed E-state index contributed by atoms with van der Waals surface area (Å²) in [5.41, 5.74) is 0.468. The summed E-state index contributed by atoms with van der Waals surface area (Å²) in [6, 6.07) is 7.86. The van der Waals surface area contributed by atoms with E-state index in [-0.39, 0.29) is 12.5 Å². The number of methoxy groups -OCH3 is 1. The van der Waals surface area contributed by atoms with Crippen LogP contribution in [0.1, 0.15) is 29.6 Å². The van der Waals surface area contributed by atoms with Crippen LogP contribution < -0.4 is 10.6 Å². The van der Waals surface area contributed by atoms with Gasteiger partial charge >= 0.3 is 5.97 Å². The number of esters is 1. The van der Waals surface area contributed by atoms with Crippen LogP contribution in [0.25, 0.3) is 0 Å². The maximum Gasteiger partial charge on any atom is 0.328 e. The first-order valence-corrected chi connectivity index (χ1v) is 7.39. The molecule has 0 unspecified atom stereocenters. The van der Waals surface area contributed by atoms with Crippen LogP contribution in [-0.2, 0) is 14.3 Å². The molecule has 6 nitrogen and oxygen atoms in total. The second-order valence-electron chi connectivity index (χ2n) is 4.91. The van der Waals surface area contributed by atoms with Crippen molar-refractivity contribution in [2.45, 2.75) is 25.3 Å². The number of carbonyl (C=O) groups excluding carboxylic acids is 3. The Morgan fingerprint density at radius 1 is 1.26 bits per heavy atom. The van der Waals surface area contributed by atoms with E-state index in [4.69, 9.17) is 0 Å². The quantitative estimate of drug-likeness (QED) is 0.410. The van der Waals surface area contributed by atoms with Gasteiger partial charge in [-0.05, 0) is 31.4 Å². The number of benzene rings is 1. The minimum absolute atomic E-state index is 0.206. The molecule has 0 radical (unpaired) electrons. The van der Waals surface area contributed by atoms with E-state index in [2.05, 4.69) is 21.9 Å². The zero-order chi connectivity index (χ0) is 17.1. The van der Waals surface area contributed by atoms with Crippen molar-refractivity contribution in [3.8, 4) is 0 Å². The fourth-order valence-electron chi connectivity index (χ4n) is 1.96. The second kappa shape index (κ2) is 10.2. The van der Waals surface area contributed by atoms with Gasteiger partial charge in [0.2, 0.25) is 5.91 Å². The molecule has 1 atom stereocenters. The molecular weight excluding hydrogens is 296 g/mol. The molecule has 0 saturated carbocycles. The van der Waals surface area contributed by atoms with Crippen molar-refractivity contribution in [1.29, 1.82) is 0 Å². The zero-order valence-corrected chi connectivity index (χ0v) is 13.2. The van der Waals surface area contributed by atoms with Crippen molar-refractivity contribution in [3.05, 3.63) is 48.6 Å². The Labute approximate surface area is 135 Å². The number of hydrogen-bond donors (Lipinski definition) is 2. The normalized spacial score (nSPS) is 11.2.